The van der Waals surface area contributed by atoms with Crippen molar-refractivity contribution in [2.75, 3.05) is 40.9 Å². The van der Waals surface area contributed by atoms with Crippen molar-refractivity contribution < 1.29 is 32.9 Å². The van der Waals surface area contributed by atoms with Gasteiger partial charge in [0.2, 0.25) is 5.91 Å². The Kier molecular flexibility index (Phi) is 53.0. The van der Waals surface area contributed by atoms with Crippen LogP contribution in [0.3, 0.4) is 0 Å². The fourth-order valence-corrected chi connectivity index (χ4v) is 10.2. The van der Waals surface area contributed by atoms with Gasteiger partial charge in [0.15, 0.2) is 0 Å². The van der Waals surface area contributed by atoms with Crippen LogP contribution in [0.25, 0.3) is 0 Å². The van der Waals surface area contributed by atoms with E-state index in [1.807, 2.05) is 27.2 Å². The molecule has 2 N–H and O–H groups in total. The third kappa shape index (κ3) is 56.5. The highest BCUT2D eigenvalue weighted by atomic mass is 31.2. The number of likely N-dealkylation sites (N-methyl/N-ethyl adjacent to an activating group) is 1. The fraction of sp³-hybridized carbons (Fsp3) is 0.919. The molecule has 422 valence electrons. The van der Waals surface area contributed by atoms with Crippen LogP contribution in [-0.2, 0) is 18.4 Å². The highest BCUT2D eigenvalue weighted by Gasteiger charge is 2.23. The van der Waals surface area contributed by atoms with Gasteiger partial charge in [-0.3, -0.25) is 9.36 Å². The molecule has 3 unspecified atom stereocenters. The van der Waals surface area contributed by atoms with Gasteiger partial charge in [-0.05, 0) is 32.1 Å². The maximum absolute atomic E-state index is 12.9. The zero-order valence-corrected chi connectivity index (χ0v) is 49.1. The van der Waals surface area contributed by atoms with Crippen molar-refractivity contribution in [2.45, 2.75) is 328 Å². The smallest absolute Gasteiger partial charge is 0.268 e. The number of unbranched alkanes of at least 4 members (excludes halogenated alkanes) is 43. The summed E-state index contributed by atoms with van der Waals surface area (Å²) >= 11 is 0. The summed E-state index contributed by atoms with van der Waals surface area (Å²) in [6.07, 6.45) is 69.0. The Hall–Kier alpha value is -1.02. The van der Waals surface area contributed by atoms with E-state index >= 15 is 0 Å². The number of phosphoric ester groups is 1. The molecule has 0 saturated heterocycles. The van der Waals surface area contributed by atoms with Crippen LogP contribution >= 0.6 is 7.82 Å². The monoisotopic (exact) mass is 1020 g/mol. The molecule has 0 aromatic heterocycles. The molecule has 0 fully saturated rings. The molecule has 0 radical (unpaired) electrons. The predicted molar refractivity (Wildman–Crippen MR) is 307 cm³/mol. The number of carbonyl (C=O) groups is 1. The molecular formula is C62H123N2O6P. The van der Waals surface area contributed by atoms with Crippen molar-refractivity contribution >= 4 is 13.7 Å². The molecule has 0 saturated carbocycles. The van der Waals surface area contributed by atoms with Crippen LogP contribution in [0.2, 0.25) is 0 Å². The first kappa shape index (κ1) is 70.0. The molecule has 0 heterocycles. The number of nitrogens with one attached hydrogen (secondary N) is 1. The second kappa shape index (κ2) is 53.8. The summed E-state index contributed by atoms with van der Waals surface area (Å²) in [7, 11) is 1.25. The Labute approximate surface area is 443 Å². The topological polar surface area (TPSA) is 108 Å². The summed E-state index contributed by atoms with van der Waals surface area (Å²) in [4.78, 5) is 25.4. The number of aliphatic hydroxyl groups excluding tert-OH is 1. The lowest BCUT2D eigenvalue weighted by atomic mass is 10.0. The van der Waals surface area contributed by atoms with Gasteiger partial charge in [0, 0.05) is 6.42 Å². The second-order valence-corrected chi connectivity index (χ2v) is 24.2. The standard InChI is InChI=1S/C62H123N2O6P/c1-6-8-10-12-14-16-18-19-20-21-22-23-24-25-26-27-28-29-30-31-32-33-34-35-36-37-38-39-40-41-42-43-44-45-46-48-50-52-54-56-62(66)63-60(59-70-71(67,68)69-58-57-64(3,4)5)61(65)55-53-51-49-47-17-15-13-11-9-7-2/h17,47,53,55,60-61,65H,6-16,18-46,48-52,54,56-59H2,1-5H3,(H-,63,66,67,68)/b47-17+,55-53+. The summed E-state index contributed by atoms with van der Waals surface area (Å²) in [6, 6.07) is -0.898. The first-order chi connectivity index (χ1) is 34.5. The molecule has 1 amide bonds. The minimum Gasteiger partial charge on any atom is -0.756 e. The van der Waals surface area contributed by atoms with E-state index in [9.17, 15) is 19.4 Å². The number of quaternary nitrogens is 1. The molecule has 0 rings (SSSR count). The van der Waals surface area contributed by atoms with Crippen LogP contribution in [0.1, 0.15) is 316 Å². The predicted octanol–water partition coefficient (Wildman–Crippen LogP) is 18.5. The number of amides is 1. The third-order valence-corrected chi connectivity index (χ3v) is 15.4. The van der Waals surface area contributed by atoms with E-state index < -0.39 is 20.0 Å². The molecule has 0 aliphatic heterocycles. The minimum absolute atomic E-state index is 0.00429. The van der Waals surface area contributed by atoms with Gasteiger partial charge < -0.3 is 28.8 Å². The van der Waals surface area contributed by atoms with Crippen molar-refractivity contribution in [2.24, 2.45) is 0 Å². The number of hydrogen-bond donors (Lipinski definition) is 2. The molecule has 0 bridgehead atoms. The number of nitrogens with zero attached hydrogens (tertiary/aromatic N) is 1. The van der Waals surface area contributed by atoms with Crippen LogP contribution < -0.4 is 10.2 Å². The van der Waals surface area contributed by atoms with Crippen molar-refractivity contribution in [1.82, 2.24) is 5.32 Å². The molecule has 0 aromatic carbocycles. The molecule has 0 aliphatic carbocycles. The normalized spacial score (nSPS) is 14.0. The van der Waals surface area contributed by atoms with E-state index in [0.717, 1.165) is 38.5 Å². The summed E-state index contributed by atoms with van der Waals surface area (Å²) in [5.41, 5.74) is 0. The average Bonchev–Trinajstić information content (AvgIpc) is 3.33. The lowest BCUT2D eigenvalue weighted by Gasteiger charge is -2.29. The Balaban J connectivity index is 3.78. The maximum Gasteiger partial charge on any atom is 0.268 e. The molecule has 3 atom stereocenters. The highest BCUT2D eigenvalue weighted by molar-refractivity contribution is 7.45. The number of aliphatic hydroxyl groups is 1. The van der Waals surface area contributed by atoms with Crippen molar-refractivity contribution in [3.05, 3.63) is 24.3 Å². The Morgan fingerprint density at radius 2 is 0.789 bits per heavy atom. The summed E-state index contributed by atoms with van der Waals surface area (Å²) in [6.45, 7) is 4.62. The summed E-state index contributed by atoms with van der Waals surface area (Å²) in [5.74, 6) is -0.203. The maximum atomic E-state index is 12.9. The van der Waals surface area contributed by atoms with E-state index in [2.05, 4.69) is 31.3 Å². The van der Waals surface area contributed by atoms with Gasteiger partial charge >= 0.3 is 0 Å². The molecule has 9 heteroatoms. The Morgan fingerprint density at radius 1 is 0.479 bits per heavy atom. The highest BCUT2D eigenvalue weighted by Crippen LogP contribution is 2.38. The number of carbonyl (C=O) groups excluding carboxylic acids is 1. The number of hydrogen-bond acceptors (Lipinski definition) is 6. The molecule has 8 nitrogen and oxygen atoms in total. The second-order valence-electron chi connectivity index (χ2n) is 22.8. The number of rotatable bonds is 58. The first-order valence-corrected chi connectivity index (χ1v) is 32.7. The lowest BCUT2D eigenvalue weighted by Crippen LogP contribution is -2.45. The van der Waals surface area contributed by atoms with E-state index in [4.69, 9.17) is 9.05 Å². The van der Waals surface area contributed by atoms with Crippen molar-refractivity contribution in [1.29, 1.82) is 0 Å². The van der Waals surface area contributed by atoms with Gasteiger partial charge in [0.25, 0.3) is 7.82 Å². The minimum atomic E-state index is -4.59. The van der Waals surface area contributed by atoms with Crippen LogP contribution in [-0.4, -0.2) is 68.5 Å². The molecule has 0 spiro atoms. The fourth-order valence-electron chi connectivity index (χ4n) is 9.53. The zero-order chi connectivity index (χ0) is 52.0. The largest absolute Gasteiger partial charge is 0.756 e. The van der Waals surface area contributed by atoms with Gasteiger partial charge in [0.1, 0.15) is 13.2 Å². The molecule has 71 heavy (non-hydrogen) atoms. The quantitative estimate of drug-likeness (QED) is 0.0272. The summed E-state index contributed by atoms with van der Waals surface area (Å²) < 4.78 is 23.2. The number of allylic oxidation sites excluding steroid dienone is 3. The lowest BCUT2D eigenvalue weighted by molar-refractivity contribution is -0.870. The third-order valence-electron chi connectivity index (χ3n) is 14.4. The Bertz CT molecular complexity index is 1210. The molecule has 0 aromatic rings. The zero-order valence-electron chi connectivity index (χ0n) is 48.2. The first-order valence-electron chi connectivity index (χ1n) is 31.2. The van der Waals surface area contributed by atoms with E-state index in [-0.39, 0.29) is 19.1 Å². The van der Waals surface area contributed by atoms with Crippen LogP contribution in [0.15, 0.2) is 24.3 Å². The van der Waals surface area contributed by atoms with E-state index in [1.165, 1.54) is 257 Å². The van der Waals surface area contributed by atoms with Gasteiger partial charge in [-0.15, -0.1) is 0 Å². The van der Waals surface area contributed by atoms with Crippen LogP contribution in [0, 0.1) is 0 Å². The van der Waals surface area contributed by atoms with Gasteiger partial charge in [-0.2, -0.15) is 0 Å². The number of phosphoric acid groups is 1. The van der Waals surface area contributed by atoms with Crippen LogP contribution in [0.4, 0.5) is 0 Å². The van der Waals surface area contributed by atoms with Crippen LogP contribution in [0.5, 0.6) is 0 Å². The molecular weight excluding hydrogens is 900 g/mol. The van der Waals surface area contributed by atoms with Crippen molar-refractivity contribution in [3.8, 4) is 0 Å². The average molecular weight is 1020 g/mol. The summed E-state index contributed by atoms with van der Waals surface area (Å²) in [5, 5.41) is 13.8. The van der Waals surface area contributed by atoms with E-state index in [1.54, 1.807) is 6.08 Å². The van der Waals surface area contributed by atoms with Gasteiger partial charge in [-0.1, -0.05) is 301 Å². The van der Waals surface area contributed by atoms with Crippen molar-refractivity contribution in [3.63, 3.8) is 0 Å². The SMILES string of the molecule is CCCCCC/C=C/CC/C=C/C(O)C(COP(=O)([O-])OCC[N+](C)(C)C)NC(=O)CCCCCCCCCCCCCCCCCCCCCCCCCCCCCCCCCCCCCCCCC. The van der Waals surface area contributed by atoms with Gasteiger partial charge in [0.05, 0.1) is 39.9 Å². The van der Waals surface area contributed by atoms with Gasteiger partial charge in [-0.25, -0.2) is 0 Å². The van der Waals surface area contributed by atoms with E-state index in [0.29, 0.717) is 17.4 Å². The molecule has 0 aliphatic rings. The Morgan fingerprint density at radius 3 is 1.14 bits per heavy atom.